The van der Waals surface area contributed by atoms with Crippen molar-refractivity contribution in [3.63, 3.8) is 0 Å². The number of H-pyrrole nitrogens is 1. The Hall–Kier alpha value is -1.20. The quantitative estimate of drug-likeness (QED) is 0.722. The minimum atomic E-state index is -0.0511. The lowest BCUT2D eigenvalue weighted by atomic mass is 10.1. The van der Waals surface area contributed by atoms with Crippen LogP contribution in [0.5, 0.6) is 0 Å². The molecule has 0 aliphatic heterocycles. The molecule has 0 amide bonds. The lowest BCUT2D eigenvalue weighted by Gasteiger charge is -2.15. The van der Waals surface area contributed by atoms with Gasteiger partial charge in [0, 0.05) is 24.9 Å². The average molecular weight is 253 g/mol. The van der Waals surface area contributed by atoms with Gasteiger partial charge in [-0.15, -0.1) is 0 Å². The SMILES string of the molecule is CCOCCCNC(C)c1c(C)nc(C)[nH]c1=O. The Morgan fingerprint density at radius 3 is 2.78 bits per heavy atom. The van der Waals surface area contributed by atoms with Crippen LogP contribution in [0.2, 0.25) is 0 Å². The molecule has 1 heterocycles. The summed E-state index contributed by atoms with van der Waals surface area (Å²) in [5.41, 5.74) is 1.46. The van der Waals surface area contributed by atoms with Crippen molar-refractivity contribution in [1.29, 1.82) is 0 Å². The smallest absolute Gasteiger partial charge is 0.255 e. The fourth-order valence-electron chi connectivity index (χ4n) is 1.98. The highest BCUT2D eigenvalue weighted by atomic mass is 16.5. The van der Waals surface area contributed by atoms with Crippen molar-refractivity contribution < 1.29 is 4.74 Å². The molecule has 0 aliphatic rings. The summed E-state index contributed by atoms with van der Waals surface area (Å²) >= 11 is 0. The minimum Gasteiger partial charge on any atom is -0.382 e. The van der Waals surface area contributed by atoms with Gasteiger partial charge in [-0.25, -0.2) is 4.98 Å². The molecule has 0 aromatic carbocycles. The molecule has 0 saturated carbocycles. The predicted octanol–water partition coefficient (Wildman–Crippen LogP) is 1.46. The molecule has 5 nitrogen and oxygen atoms in total. The van der Waals surface area contributed by atoms with Crippen molar-refractivity contribution in [3.8, 4) is 0 Å². The molecule has 1 atom stereocenters. The highest BCUT2D eigenvalue weighted by Gasteiger charge is 2.13. The fourth-order valence-corrected chi connectivity index (χ4v) is 1.98. The second kappa shape index (κ2) is 7.28. The first-order valence-electron chi connectivity index (χ1n) is 6.44. The minimum absolute atomic E-state index is 0.00322. The van der Waals surface area contributed by atoms with Crippen molar-refractivity contribution in [2.75, 3.05) is 19.8 Å². The molecular formula is C13H23N3O2. The Labute approximate surface area is 108 Å². The summed E-state index contributed by atoms with van der Waals surface area (Å²) in [7, 11) is 0. The van der Waals surface area contributed by atoms with Crippen LogP contribution in [0.4, 0.5) is 0 Å². The van der Waals surface area contributed by atoms with Gasteiger partial charge < -0.3 is 15.0 Å². The molecule has 0 bridgehead atoms. The number of hydrogen-bond donors (Lipinski definition) is 2. The lowest BCUT2D eigenvalue weighted by molar-refractivity contribution is 0.144. The van der Waals surface area contributed by atoms with Crippen LogP contribution in [0.15, 0.2) is 4.79 Å². The normalized spacial score (nSPS) is 12.7. The number of aryl methyl sites for hydroxylation is 2. The molecular weight excluding hydrogens is 230 g/mol. The highest BCUT2D eigenvalue weighted by molar-refractivity contribution is 5.19. The van der Waals surface area contributed by atoms with Crippen LogP contribution in [-0.2, 0) is 4.74 Å². The fraction of sp³-hybridized carbons (Fsp3) is 0.692. The molecule has 1 rings (SSSR count). The Morgan fingerprint density at radius 1 is 1.44 bits per heavy atom. The van der Waals surface area contributed by atoms with Crippen LogP contribution >= 0.6 is 0 Å². The molecule has 0 spiro atoms. The molecule has 0 saturated heterocycles. The average Bonchev–Trinajstić information content (AvgIpc) is 2.27. The van der Waals surface area contributed by atoms with E-state index in [1.54, 1.807) is 6.92 Å². The number of aromatic nitrogens is 2. The molecule has 18 heavy (non-hydrogen) atoms. The van der Waals surface area contributed by atoms with E-state index in [9.17, 15) is 4.79 Å². The first-order chi connectivity index (χ1) is 8.56. The Morgan fingerprint density at radius 2 is 2.17 bits per heavy atom. The maximum absolute atomic E-state index is 11.9. The molecule has 1 aromatic rings. The van der Waals surface area contributed by atoms with Crippen LogP contribution in [0.3, 0.4) is 0 Å². The van der Waals surface area contributed by atoms with Gasteiger partial charge in [0.2, 0.25) is 0 Å². The van der Waals surface area contributed by atoms with E-state index in [2.05, 4.69) is 15.3 Å². The number of rotatable bonds is 7. The molecule has 1 unspecified atom stereocenters. The molecule has 0 aliphatic carbocycles. The number of ether oxygens (including phenoxy) is 1. The first kappa shape index (κ1) is 14.9. The predicted molar refractivity (Wildman–Crippen MR) is 71.9 cm³/mol. The van der Waals surface area contributed by atoms with Crippen molar-refractivity contribution in [2.24, 2.45) is 0 Å². The summed E-state index contributed by atoms with van der Waals surface area (Å²) in [5.74, 6) is 0.657. The summed E-state index contributed by atoms with van der Waals surface area (Å²) in [6.07, 6.45) is 0.939. The molecule has 1 aromatic heterocycles. The second-order valence-corrected chi connectivity index (χ2v) is 4.38. The van der Waals surface area contributed by atoms with E-state index in [0.29, 0.717) is 5.82 Å². The first-order valence-corrected chi connectivity index (χ1v) is 6.44. The van der Waals surface area contributed by atoms with E-state index in [1.165, 1.54) is 0 Å². The van der Waals surface area contributed by atoms with Gasteiger partial charge in [-0.05, 0) is 40.7 Å². The van der Waals surface area contributed by atoms with Gasteiger partial charge in [-0.2, -0.15) is 0 Å². The van der Waals surface area contributed by atoms with Gasteiger partial charge in [-0.3, -0.25) is 4.79 Å². The Bertz CT molecular complexity index is 429. The summed E-state index contributed by atoms with van der Waals surface area (Å²) in [5, 5.41) is 3.32. The van der Waals surface area contributed by atoms with Crippen LogP contribution in [0.25, 0.3) is 0 Å². The van der Waals surface area contributed by atoms with E-state index in [-0.39, 0.29) is 11.6 Å². The van der Waals surface area contributed by atoms with E-state index < -0.39 is 0 Å². The van der Waals surface area contributed by atoms with E-state index in [1.807, 2.05) is 20.8 Å². The Balaban J connectivity index is 2.56. The van der Waals surface area contributed by atoms with Crippen LogP contribution in [0, 0.1) is 13.8 Å². The number of nitrogens with zero attached hydrogens (tertiary/aromatic N) is 1. The topological polar surface area (TPSA) is 67.0 Å². The van der Waals surface area contributed by atoms with Gasteiger partial charge in [0.1, 0.15) is 5.82 Å². The molecule has 0 fully saturated rings. The maximum atomic E-state index is 11.9. The lowest BCUT2D eigenvalue weighted by Crippen LogP contribution is -2.29. The monoisotopic (exact) mass is 253 g/mol. The van der Waals surface area contributed by atoms with Crippen molar-refractivity contribution in [1.82, 2.24) is 15.3 Å². The van der Waals surface area contributed by atoms with Gasteiger partial charge in [0.15, 0.2) is 0 Å². The van der Waals surface area contributed by atoms with Crippen LogP contribution in [-0.4, -0.2) is 29.7 Å². The zero-order valence-electron chi connectivity index (χ0n) is 11.7. The standard InChI is InChI=1S/C13H23N3O2/c1-5-18-8-6-7-14-9(2)12-10(3)15-11(4)16-13(12)17/h9,14H,5-8H2,1-4H3,(H,15,16,17). The zero-order chi connectivity index (χ0) is 13.5. The van der Waals surface area contributed by atoms with E-state index >= 15 is 0 Å². The molecule has 5 heteroatoms. The third-order valence-electron chi connectivity index (χ3n) is 2.82. The molecule has 0 radical (unpaired) electrons. The molecule has 2 N–H and O–H groups in total. The second-order valence-electron chi connectivity index (χ2n) is 4.38. The third kappa shape index (κ3) is 4.23. The van der Waals surface area contributed by atoms with Gasteiger partial charge in [0.05, 0.1) is 5.56 Å². The summed E-state index contributed by atoms with van der Waals surface area (Å²) < 4.78 is 5.26. The van der Waals surface area contributed by atoms with Gasteiger partial charge >= 0.3 is 0 Å². The Kier molecular flexibility index (Phi) is 6.01. The van der Waals surface area contributed by atoms with E-state index in [0.717, 1.165) is 37.4 Å². The van der Waals surface area contributed by atoms with Crippen LogP contribution in [0.1, 0.15) is 43.4 Å². The number of aromatic amines is 1. The van der Waals surface area contributed by atoms with Crippen molar-refractivity contribution >= 4 is 0 Å². The highest BCUT2D eigenvalue weighted by Crippen LogP contribution is 2.10. The molecule has 102 valence electrons. The summed E-state index contributed by atoms with van der Waals surface area (Å²) in [6, 6.07) is 0.00322. The van der Waals surface area contributed by atoms with Gasteiger partial charge in [0.25, 0.3) is 5.56 Å². The maximum Gasteiger partial charge on any atom is 0.255 e. The summed E-state index contributed by atoms with van der Waals surface area (Å²) in [4.78, 5) is 18.9. The van der Waals surface area contributed by atoms with Crippen molar-refractivity contribution in [3.05, 3.63) is 27.4 Å². The van der Waals surface area contributed by atoms with E-state index in [4.69, 9.17) is 4.74 Å². The van der Waals surface area contributed by atoms with Crippen molar-refractivity contribution in [2.45, 2.75) is 40.2 Å². The summed E-state index contributed by atoms with van der Waals surface area (Å²) in [6.45, 7) is 9.95. The largest absolute Gasteiger partial charge is 0.382 e. The zero-order valence-corrected chi connectivity index (χ0v) is 11.7. The number of nitrogens with one attached hydrogen (secondary N) is 2. The van der Waals surface area contributed by atoms with Crippen LogP contribution < -0.4 is 10.9 Å². The van der Waals surface area contributed by atoms with Gasteiger partial charge in [-0.1, -0.05) is 0 Å². The third-order valence-corrected chi connectivity index (χ3v) is 2.82. The number of hydrogen-bond acceptors (Lipinski definition) is 4.